The molecular formula is C15H16O4. The van der Waals surface area contributed by atoms with Crippen LogP contribution in [0.2, 0.25) is 0 Å². The van der Waals surface area contributed by atoms with Crippen LogP contribution in [0, 0.1) is 0 Å². The lowest BCUT2D eigenvalue weighted by Crippen LogP contribution is -2.07. The molecule has 2 rings (SSSR count). The van der Waals surface area contributed by atoms with Gasteiger partial charge in [0.2, 0.25) is 5.76 Å². The molecular weight excluding hydrogens is 244 g/mol. The molecule has 0 aliphatic heterocycles. The van der Waals surface area contributed by atoms with Gasteiger partial charge in [-0.25, -0.2) is 4.79 Å². The SMILES string of the molecule is COC(=O)c1ccc(C(O)C(C)c2ccccc2)o1. The largest absolute Gasteiger partial charge is 0.463 e. The Bertz CT molecular complexity index is 544. The van der Waals surface area contributed by atoms with Gasteiger partial charge in [-0.3, -0.25) is 0 Å². The summed E-state index contributed by atoms with van der Waals surface area (Å²) in [6, 6.07) is 12.7. The number of carbonyl (C=O) groups is 1. The Hall–Kier alpha value is -2.07. The Morgan fingerprint density at radius 3 is 2.53 bits per heavy atom. The fourth-order valence-electron chi connectivity index (χ4n) is 1.91. The molecule has 0 aliphatic carbocycles. The van der Waals surface area contributed by atoms with Gasteiger partial charge in [-0.2, -0.15) is 0 Å². The standard InChI is InChI=1S/C15H16O4/c1-10(11-6-4-3-5-7-11)14(16)12-8-9-13(19-12)15(17)18-2/h3-10,14,16H,1-2H3. The van der Waals surface area contributed by atoms with E-state index in [2.05, 4.69) is 4.74 Å². The Kier molecular flexibility index (Phi) is 4.02. The zero-order valence-corrected chi connectivity index (χ0v) is 10.9. The summed E-state index contributed by atoms with van der Waals surface area (Å²) in [4.78, 5) is 11.3. The van der Waals surface area contributed by atoms with Crippen LogP contribution in [0.25, 0.3) is 0 Å². The number of rotatable bonds is 4. The number of hydrogen-bond acceptors (Lipinski definition) is 4. The van der Waals surface area contributed by atoms with Crippen LogP contribution >= 0.6 is 0 Å². The van der Waals surface area contributed by atoms with Gasteiger partial charge in [0.05, 0.1) is 7.11 Å². The highest BCUT2D eigenvalue weighted by atomic mass is 16.5. The van der Waals surface area contributed by atoms with Crippen LogP contribution in [-0.2, 0) is 4.74 Å². The van der Waals surface area contributed by atoms with Crippen LogP contribution in [0.1, 0.15) is 40.8 Å². The van der Waals surface area contributed by atoms with Crippen LogP contribution in [-0.4, -0.2) is 18.2 Å². The normalized spacial score (nSPS) is 13.8. The van der Waals surface area contributed by atoms with Crippen molar-refractivity contribution < 1.29 is 19.1 Å². The van der Waals surface area contributed by atoms with Crippen molar-refractivity contribution in [3.63, 3.8) is 0 Å². The van der Waals surface area contributed by atoms with E-state index in [0.29, 0.717) is 5.76 Å². The van der Waals surface area contributed by atoms with E-state index in [4.69, 9.17) is 4.42 Å². The van der Waals surface area contributed by atoms with E-state index < -0.39 is 12.1 Å². The molecule has 1 aromatic heterocycles. The molecule has 1 N–H and O–H groups in total. The first-order chi connectivity index (χ1) is 9.13. The van der Waals surface area contributed by atoms with Crippen LogP contribution < -0.4 is 0 Å². The van der Waals surface area contributed by atoms with E-state index in [1.807, 2.05) is 37.3 Å². The van der Waals surface area contributed by atoms with Crippen molar-refractivity contribution in [1.29, 1.82) is 0 Å². The second kappa shape index (κ2) is 5.71. The minimum Gasteiger partial charge on any atom is -0.463 e. The molecule has 0 aliphatic rings. The van der Waals surface area contributed by atoms with Gasteiger partial charge in [0.25, 0.3) is 0 Å². The van der Waals surface area contributed by atoms with Gasteiger partial charge >= 0.3 is 5.97 Å². The summed E-state index contributed by atoms with van der Waals surface area (Å²) in [7, 11) is 1.29. The number of hydrogen-bond donors (Lipinski definition) is 1. The molecule has 0 amide bonds. The lowest BCUT2D eigenvalue weighted by molar-refractivity contribution is 0.0551. The zero-order valence-electron chi connectivity index (χ0n) is 10.9. The molecule has 19 heavy (non-hydrogen) atoms. The highest BCUT2D eigenvalue weighted by molar-refractivity contribution is 5.86. The smallest absolute Gasteiger partial charge is 0.373 e. The monoisotopic (exact) mass is 260 g/mol. The Balaban J connectivity index is 2.17. The van der Waals surface area contributed by atoms with Crippen molar-refractivity contribution >= 4 is 5.97 Å². The van der Waals surface area contributed by atoms with Crippen molar-refractivity contribution in [3.05, 3.63) is 59.5 Å². The predicted octanol–water partition coefficient (Wildman–Crippen LogP) is 2.90. The van der Waals surface area contributed by atoms with Crippen LogP contribution in [0.15, 0.2) is 46.9 Å². The average Bonchev–Trinajstić information content (AvgIpc) is 2.95. The van der Waals surface area contributed by atoms with E-state index in [1.165, 1.54) is 13.2 Å². The third kappa shape index (κ3) is 2.85. The molecule has 2 unspecified atom stereocenters. The summed E-state index contributed by atoms with van der Waals surface area (Å²) in [5.74, 6) is -0.225. The van der Waals surface area contributed by atoms with Gasteiger partial charge in [-0.05, 0) is 17.7 Å². The van der Waals surface area contributed by atoms with Gasteiger partial charge in [0.15, 0.2) is 0 Å². The Labute approximate surface area is 111 Å². The summed E-state index contributed by atoms with van der Waals surface area (Å²) >= 11 is 0. The van der Waals surface area contributed by atoms with Gasteiger partial charge in [-0.1, -0.05) is 37.3 Å². The minimum atomic E-state index is -0.805. The maximum Gasteiger partial charge on any atom is 0.373 e. The summed E-state index contributed by atoms with van der Waals surface area (Å²) in [5, 5.41) is 10.3. The number of ether oxygens (including phenoxy) is 1. The van der Waals surface area contributed by atoms with E-state index in [1.54, 1.807) is 6.07 Å². The average molecular weight is 260 g/mol. The third-order valence-corrected chi connectivity index (χ3v) is 3.10. The van der Waals surface area contributed by atoms with Crippen LogP contribution in [0.4, 0.5) is 0 Å². The number of benzene rings is 1. The highest BCUT2D eigenvalue weighted by Crippen LogP contribution is 2.31. The van der Waals surface area contributed by atoms with Gasteiger partial charge in [0, 0.05) is 5.92 Å². The first kappa shape index (κ1) is 13.4. The molecule has 4 heteroatoms. The molecule has 0 bridgehead atoms. The molecule has 2 aromatic rings. The summed E-state index contributed by atoms with van der Waals surface area (Å²) in [5.41, 5.74) is 1.01. The maximum absolute atomic E-state index is 11.3. The first-order valence-corrected chi connectivity index (χ1v) is 6.04. The molecule has 0 saturated carbocycles. The van der Waals surface area contributed by atoms with Crippen molar-refractivity contribution in [2.45, 2.75) is 18.9 Å². The van der Waals surface area contributed by atoms with E-state index in [9.17, 15) is 9.90 Å². The molecule has 0 fully saturated rings. The number of esters is 1. The first-order valence-electron chi connectivity index (χ1n) is 6.04. The maximum atomic E-state index is 11.3. The van der Waals surface area contributed by atoms with E-state index >= 15 is 0 Å². The number of aliphatic hydroxyl groups is 1. The lowest BCUT2D eigenvalue weighted by atomic mass is 9.94. The molecule has 0 spiro atoms. The lowest BCUT2D eigenvalue weighted by Gasteiger charge is -2.17. The number of aliphatic hydroxyl groups excluding tert-OH is 1. The fourth-order valence-corrected chi connectivity index (χ4v) is 1.91. The van der Waals surface area contributed by atoms with Gasteiger partial charge in [0.1, 0.15) is 11.9 Å². The summed E-state index contributed by atoms with van der Waals surface area (Å²) in [6.45, 7) is 1.90. The number of carbonyl (C=O) groups excluding carboxylic acids is 1. The minimum absolute atomic E-state index is 0.0943. The molecule has 1 aromatic carbocycles. The van der Waals surface area contributed by atoms with Gasteiger partial charge in [-0.15, -0.1) is 0 Å². The quantitative estimate of drug-likeness (QED) is 0.859. The van der Waals surface area contributed by atoms with E-state index in [-0.39, 0.29) is 11.7 Å². The number of methoxy groups -OCH3 is 1. The molecule has 2 atom stereocenters. The van der Waals surface area contributed by atoms with Crippen molar-refractivity contribution in [2.24, 2.45) is 0 Å². The second-order valence-corrected chi connectivity index (χ2v) is 4.34. The van der Waals surface area contributed by atoms with Crippen molar-refractivity contribution in [3.8, 4) is 0 Å². The van der Waals surface area contributed by atoms with Crippen LogP contribution in [0.3, 0.4) is 0 Å². The molecule has 4 nitrogen and oxygen atoms in total. The second-order valence-electron chi connectivity index (χ2n) is 4.34. The highest BCUT2D eigenvalue weighted by Gasteiger charge is 2.22. The topological polar surface area (TPSA) is 59.7 Å². The molecule has 0 radical (unpaired) electrons. The fraction of sp³-hybridized carbons (Fsp3) is 0.267. The molecule has 1 heterocycles. The van der Waals surface area contributed by atoms with Crippen molar-refractivity contribution in [2.75, 3.05) is 7.11 Å². The van der Waals surface area contributed by atoms with E-state index in [0.717, 1.165) is 5.56 Å². The Morgan fingerprint density at radius 2 is 1.89 bits per heavy atom. The van der Waals surface area contributed by atoms with Gasteiger partial charge < -0.3 is 14.3 Å². The predicted molar refractivity (Wildman–Crippen MR) is 69.9 cm³/mol. The van der Waals surface area contributed by atoms with Crippen molar-refractivity contribution in [1.82, 2.24) is 0 Å². The third-order valence-electron chi connectivity index (χ3n) is 3.10. The Morgan fingerprint density at radius 1 is 1.21 bits per heavy atom. The van der Waals surface area contributed by atoms with Crippen LogP contribution in [0.5, 0.6) is 0 Å². The zero-order chi connectivity index (χ0) is 13.8. The summed E-state index contributed by atoms with van der Waals surface area (Å²) < 4.78 is 9.88. The molecule has 0 saturated heterocycles. The molecule has 100 valence electrons. The number of furan rings is 1. The summed E-state index contributed by atoms with van der Waals surface area (Å²) in [6.07, 6.45) is -0.805.